The zero-order valence-electron chi connectivity index (χ0n) is 13.0. The van der Waals surface area contributed by atoms with Gasteiger partial charge >= 0.3 is 6.09 Å². The Morgan fingerprint density at radius 2 is 2.16 bits per heavy atom. The van der Waals surface area contributed by atoms with Crippen molar-refractivity contribution in [3.8, 4) is 0 Å². The number of hydrogen-bond donors (Lipinski definition) is 1. The van der Waals surface area contributed by atoms with Gasteiger partial charge in [0.1, 0.15) is 5.60 Å². The van der Waals surface area contributed by atoms with E-state index in [4.69, 9.17) is 4.74 Å². The minimum Gasteiger partial charge on any atom is -0.444 e. The van der Waals surface area contributed by atoms with Crippen molar-refractivity contribution in [2.24, 2.45) is 5.92 Å². The van der Waals surface area contributed by atoms with Crippen molar-refractivity contribution in [1.82, 2.24) is 10.2 Å². The van der Waals surface area contributed by atoms with Crippen molar-refractivity contribution in [1.29, 1.82) is 0 Å². The number of carbonyl (C=O) groups excluding carboxylic acids is 1. The first-order valence-corrected chi connectivity index (χ1v) is 7.02. The third kappa shape index (κ3) is 5.23. The zero-order chi connectivity index (χ0) is 14.6. The Labute approximate surface area is 117 Å². The van der Waals surface area contributed by atoms with E-state index < -0.39 is 5.60 Å². The fourth-order valence-electron chi connectivity index (χ4n) is 2.49. The van der Waals surface area contributed by atoms with Crippen LogP contribution < -0.4 is 5.32 Å². The molecule has 4 heteroatoms. The smallest absolute Gasteiger partial charge is 0.410 e. The van der Waals surface area contributed by atoms with Gasteiger partial charge in [-0.1, -0.05) is 5.57 Å². The Morgan fingerprint density at radius 1 is 1.53 bits per heavy atom. The lowest BCUT2D eigenvalue weighted by Gasteiger charge is -2.26. The van der Waals surface area contributed by atoms with Crippen LogP contribution in [0.2, 0.25) is 0 Å². The largest absolute Gasteiger partial charge is 0.444 e. The summed E-state index contributed by atoms with van der Waals surface area (Å²) in [5.74, 6) is 0.481. The first kappa shape index (κ1) is 16.0. The molecule has 0 bridgehead atoms. The maximum Gasteiger partial charge on any atom is 0.410 e. The lowest BCUT2D eigenvalue weighted by atomic mass is 9.94. The number of amides is 1. The van der Waals surface area contributed by atoms with Gasteiger partial charge in [0.15, 0.2) is 0 Å². The van der Waals surface area contributed by atoms with Crippen LogP contribution in [-0.2, 0) is 4.74 Å². The summed E-state index contributed by atoms with van der Waals surface area (Å²) in [6.45, 7) is 13.3. The molecule has 110 valence electrons. The molecule has 0 aromatic carbocycles. The lowest BCUT2D eigenvalue weighted by molar-refractivity contribution is 0.0285. The zero-order valence-corrected chi connectivity index (χ0v) is 13.0. The van der Waals surface area contributed by atoms with Crippen LogP contribution in [0, 0.1) is 5.92 Å². The number of rotatable bonds is 4. The molecule has 19 heavy (non-hydrogen) atoms. The normalized spacial score (nSPS) is 21.3. The Kier molecular flexibility index (Phi) is 5.41. The molecule has 1 amide bonds. The van der Waals surface area contributed by atoms with Crippen molar-refractivity contribution in [2.75, 3.05) is 20.1 Å². The van der Waals surface area contributed by atoms with Crippen LogP contribution >= 0.6 is 0 Å². The first-order valence-electron chi connectivity index (χ1n) is 7.02. The second-order valence-electron chi connectivity index (χ2n) is 6.53. The van der Waals surface area contributed by atoms with Gasteiger partial charge in [-0.25, -0.2) is 4.79 Å². The highest BCUT2D eigenvalue weighted by molar-refractivity contribution is 5.68. The molecule has 0 aromatic rings. The van der Waals surface area contributed by atoms with E-state index in [1.807, 2.05) is 39.6 Å². The lowest BCUT2D eigenvalue weighted by Crippen LogP contribution is -2.38. The predicted octanol–water partition coefficient (Wildman–Crippen LogP) is 2.80. The van der Waals surface area contributed by atoms with Crippen LogP contribution in [0.4, 0.5) is 4.79 Å². The molecule has 4 nitrogen and oxygen atoms in total. The van der Waals surface area contributed by atoms with Gasteiger partial charge in [0.25, 0.3) is 0 Å². The van der Waals surface area contributed by atoms with Gasteiger partial charge < -0.3 is 15.0 Å². The van der Waals surface area contributed by atoms with Gasteiger partial charge in [0.05, 0.1) is 0 Å². The molecule has 1 rings (SSSR count). The predicted molar refractivity (Wildman–Crippen MR) is 78.2 cm³/mol. The summed E-state index contributed by atoms with van der Waals surface area (Å²) in [4.78, 5) is 13.8. The Bertz CT molecular complexity index is 334. The molecule has 1 heterocycles. The highest BCUT2D eigenvalue weighted by Crippen LogP contribution is 2.24. The number of hydrogen-bond acceptors (Lipinski definition) is 3. The average Bonchev–Trinajstić information content (AvgIpc) is 2.72. The Morgan fingerprint density at radius 3 is 2.63 bits per heavy atom. The van der Waals surface area contributed by atoms with Gasteiger partial charge in [-0.05, 0) is 53.5 Å². The molecule has 0 radical (unpaired) electrons. The number of likely N-dealkylation sites (tertiary alicyclic amines) is 1. The summed E-state index contributed by atoms with van der Waals surface area (Å²) < 4.78 is 5.41. The maximum absolute atomic E-state index is 12.0. The van der Waals surface area contributed by atoms with Crippen molar-refractivity contribution in [3.05, 3.63) is 12.2 Å². The van der Waals surface area contributed by atoms with Crippen LogP contribution in [0.5, 0.6) is 0 Å². The molecular weight excluding hydrogens is 240 g/mol. The molecule has 1 N–H and O–H groups in total. The molecule has 1 aliphatic heterocycles. The number of nitrogens with one attached hydrogen (secondary N) is 1. The number of ether oxygens (including phenoxy) is 1. The SMILES string of the molecule is C=C(C)CC(NC)C1CCN(C(=O)OC(C)(C)C)C1. The van der Waals surface area contributed by atoms with E-state index in [9.17, 15) is 4.79 Å². The van der Waals surface area contributed by atoms with E-state index >= 15 is 0 Å². The summed E-state index contributed by atoms with van der Waals surface area (Å²) >= 11 is 0. The van der Waals surface area contributed by atoms with E-state index in [0.717, 1.165) is 25.9 Å². The molecule has 0 aromatic heterocycles. The fourth-order valence-corrected chi connectivity index (χ4v) is 2.49. The van der Waals surface area contributed by atoms with Crippen LogP contribution in [-0.4, -0.2) is 42.8 Å². The van der Waals surface area contributed by atoms with Gasteiger partial charge in [0, 0.05) is 19.1 Å². The van der Waals surface area contributed by atoms with Crippen molar-refractivity contribution < 1.29 is 9.53 Å². The summed E-state index contributed by atoms with van der Waals surface area (Å²) in [5.41, 5.74) is 0.755. The Hall–Kier alpha value is -1.03. The topological polar surface area (TPSA) is 41.6 Å². The van der Waals surface area contributed by atoms with Gasteiger partial charge in [-0.3, -0.25) is 0 Å². The molecule has 2 unspecified atom stereocenters. The van der Waals surface area contributed by atoms with Crippen LogP contribution in [0.3, 0.4) is 0 Å². The molecule has 0 spiro atoms. The molecule has 1 fully saturated rings. The Balaban J connectivity index is 2.52. The first-order chi connectivity index (χ1) is 8.73. The van der Waals surface area contributed by atoms with Crippen LogP contribution in [0.15, 0.2) is 12.2 Å². The average molecular weight is 268 g/mol. The minimum absolute atomic E-state index is 0.194. The third-order valence-corrected chi connectivity index (χ3v) is 3.38. The summed E-state index contributed by atoms with van der Waals surface area (Å²) in [7, 11) is 1.98. The second-order valence-corrected chi connectivity index (χ2v) is 6.53. The van der Waals surface area contributed by atoms with E-state index in [1.165, 1.54) is 5.57 Å². The number of carbonyl (C=O) groups is 1. The van der Waals surface area contributed by atoms with Gasteiger partial charge in [-0.2, -0.15) is 0 Å². The highest BCUT2D eigenvalue weighted by atomic mass is 16.6. The van der Waals surface area contributed by atoms with Crippen LogP contribution in [0.25, 0.3) is 0 Å². The van der Waals surface area contributed by atoms with Crippen molar-refractivity contribution in [2.45, 2.75) is 52.2 Å². The van der Waals surface area contributed by atoms with E-state index in [0.29, 0.717) is 12.0 Å². The summed E-state index contributed by atoms with van der Waals surface area (Å²) in [6.07, 6.45) is 1.79. The molecule has 2 atom stereocenters. The molecule has 0 aliphatic carbocycles. The van der Waals surface area contributed by atoms with Crippen molar-refractivity contribution in [3.63, 3.8) is 0 Å². The minimum atomic E-state index is -0.421. The van der Waals surface area contributed by atoms with Crippen LogP contribution in [0.1, 0.15) is 40.5 Å². The fraction of sp³-hybridized carbons (Fsp3) is 0.800. The van der Waals surface area contributed by atoms with Crippen molar-refractivity contribution >= 4 is 6.09 Å². The highest BCUT2D eigenvalue weighted by Gasteiger charge is 2.33. The second kappa shape index (κ2) is 6.42. The standard InChI is InChI=1S/C15H28N2O2/c1-11(2)9-13(16-6)12-7-8-17(10-12)14(18)19-15(3,4)5/h12-13,16H,1,7-10H2,2-6H3. The molecule has 0 saturated carbocycles. The molecule has 1 saturated heterocycles. The quantitative estimate of drug-likeness (QED) is 0.797. The van der Waals surface area contributed by atoms with E-state index in [-0.39, 0.29) is 6.09 Å². The monoisotopic (exact) mass is 268 g/mol. The summed E-state index contributed by atoms with van der Waals surface area (Å²) in [6, 6.07) is 0.393. The van der Waals surface area contributed by atoms with E-state index in [1.54, 1.807) is 0 Å². The molecule has 1 aliphatic rings. The van der Waals surface area contributed by atoms with Gasteiger partial charge in [-0.15, -0.1) is 6.58 Å². The molecular formula is C15H28N2O2. The van der Waals surface area contributed by atoms with E-state index in [2.05, 4.69) is 11.9 Å². The number of nitrogens with zero attached hydrogens (tertiary/aromatic N) is 1. The maximum atomic E-state index is 12.0. The summed E-state index contributed by atoms with van der Waals surface area (Å²) in [5, 5.41) is 3.34. The van der Waals surface area contributed by atoms with Gasteiger partial charge in [0.2, 0.25) is 0 Å². The third-order valence-electron chi connectivity index (χ3n) is 3.38.